The molecule has 1 atom stereocenters. The van der Waals surface area contributed by atoms with E-state index in [4.69, 9.17) is 4.98 Å². The lowest BCUT2D eigenvalue weighted by Gasteiger charge is -2.34. The van der Waals surface area contributed by atoms with Crippen molar-refractivity contribution in [2.24, 2.45) is 4.99 Å². The topological polar surface area (TPSA) is 44.9 Å². The number of nitrogens with zero attached hydrogens (tertiary/aromatic N) is 4. The molecular formula is C18H28IN5S. The molecule has 2 aromatic rings. The largest absolute Gasteiger partial charge is 0.356 e. The molecule has 1 unspecified atom stereocenters. The number of hydrogen-bond acceptors (Lipinski definition) is 3. The van der Waals surface area contributed by atoms with Gasteiger partial charge in [-0.1, -0.05) is 13.0 Å². The van der Waals surface area contributed by atoms with Crippen molar-refractivity contribution in [2.45, 2.75) is 31.9 Å². The summed E-state index contributed by atoms with van der Waals surface area (Å²) in [6.07, 6.45) is 6.30. The molecule has 1 fully saturated rings. The van der Waals surface area contributed by atoms with Crippen LogP contribution in [0.25, 0.3) is 5.65 Å². The fourth-order valence-corrected chi connectivity index (χ4v) is 4.30. The molecular weight excluding hydrogens is 445 g/mol. The van der Waals surface area contributed by atoms with Gasteiger partial charge in [-0.2, -0.15) is 11.8 Å². The molecule has 0 saturated carbocycles. The van der Waals surface area contributed by atoms with Gasteiger partial charge in [-0.05, 0) is 25.0 Å². The number of aromatic nitrogens is 2. The van der Waals surface area contributed by atoms with Crippen LogP contribution in [0.3, 0.4) is 0 Å². The summed E-state index contributed by atoms with van der Waals surface area (Å²) in [7, 11) is 1.87. The van der Waals surface area contributed by atoms with Crippen LogP contribution in [0, 0.1) is 6.92 Å². The van der Waals surface area contributed by atoms with E-state index in [2.05, 4.69) is 69.7 Å². The van der Waals surface area contributed by atoms with Crippen LogP contribution < -0.4 is 5.32 Å². The first-order valence-electron chi connectivity index (χ1n) is 8.71. The number of pyridine rings is 1. The Morgan fingerprint density at radius 2 is 2.32 bits per heavy atom. The lowest BCUT2D eigenvalue weighted by atomic mass is 10.3. The standard InChI is InChI=1S/C18H27N5S.HI/c1-4-16-13-23(10-11-24-16)18(19-3)20-8-7-15-12-22-9-5-6-14(2)17(22)21-15;/h5-6,9,12,16H,4,7-8,10-11,13H2,1-3H3,(H,19,20);1H. The highest BCUT2D eigenvalue weighted by atomic mass is 127. The number of halogens is 1. The first-order chi connectivity index (χ1) is 11.7. The zero-order chi connectivity index (χ0) is 16.9. The van der Waals surface area contributed by atoms with Crippen molar-refractivity contribution in [3.8, 4) is 0 Å². The predicted molar refractivity (Wildman–Crippen MR) is 119 cm³/mol. The first kappa shape index (κ1) is 20.4. The number of thioether (sulfide) groups is 1. The van der Waals surface area contributed by atoms with Gasteiger partial charge in [-0.3, -0.25) is 4.99 Å². The van der Waals surface area contributed by atoms with Gasteiger partial charge in [0, 0.05) is 56.5 Å². The van der Waals surface area contributed by atoms with Crippen LogP contribution in [0.2, 0.25) is 0 Å². The third-order valence-corrected chi connectivity index (χ3v) is 5.87. The molecule has 0 aliphatic carbocycles. The van der Waals surface area contributed by atoms with Crippen molar-refractivity contribution >= 4 is 47.3 Å². The van der Waals surface area contributed by atoms with E-state index in [1.54, 1.807) is 0 Å². The van der Waals surface area contributed by atoms with E-state index in [-0.39, 0.29) is 24.0 Å². The minimum absolute atomic E-state index is 0. The lowest BCUT2D eigenvalue weighted by molar-refractivity contribution is 0.408. The molecule has 0 amide bonds. The van der Waals surface area contributed by atoms with Crippen LogP contribution in [-0.4, -0.2) is 57.9 Å². The van der Waals surface area contributed by atoms with E-state index in [9.17, 15) is 0 Å². The lowest BCUT2D eigenvalue weighted by Crippen LogP contribution is -2.48. The van der Waals surface area contributed by atoms with Gasteiger partial charge in [-0.25, -0.2) is 4.98 Å². The summed E-state index contributed by atoms with van der Waals surface area (Å²) < 4.78 is 2.10. The molecule has 3 heterocycles. The minimum atomic E-state index is 0. The van der Waals surface area contributed by atoms with Crippen molar-refractivity contribution in [1.82, 2.24) is 19.6 Å². The van der Waals surface area contributed by atoms with Crippen LogP contribution >= 0.6 is 35.7 Å². The fraction of sp³-hybridized carbons (Fsp3) is 0.556. The molecule has 2 aromatic heterocycles. The maximum atomic E-state index is 4.74. The van der Waals surface area contributed by atoms with E-state index in [0.717, 1.165) is 48.6 Å². The molecule has 138 valence electrons. The number of rotatable bonds is 4. The second-order valence-corrected chi connectivity index (χ2v) is 7.63. The Hall–Kier alpha value is -0.960. The van der Waals surface area contributed by atoms with Crippen molar-refractivity contribution in [1.29, 1.82) is 0 Å². The molecule has 0 aromatic carbocycles. The molecule has 1 aliphatic rings. The second kappa shape index (κ2) is 9.66. The van der Waals surface area contributed by atoms with E-state index < -0.39 is 0 Å². The molecule has 5 nitrogen and oxygen atoms in total. The van der Waals surface area contributed by atoms with Crippen LogP contribution in [0.4, 0.5) is 0 Å². The third-order valence-electron chi connectivity index (χ3n) is 4.50. The summed E-state index contributed by atoms with van der Waals surface area (Å²) in [6.45, 7) is 7.40. The first-order valence-corrected chi connectivity index (χ1v) is 9.76. The summed E-state index contributed by atoms with van der Waals surface area (Å²) in [6, 6.07) is 4.16. The van der Waals surface area contributed by atoms with Crippen LogP contribution in [0.5, 0.6) is 0 Å². The van der Waals surface area contributed by atoms with Gasteiger partial charge in [0.25, 0.3) is 0 Å². The zero-order valence-corrected chi connectivity index (χ0v) is 18.4. The summed E-state index contributed by atoms with van der Waals surface area (Å²) >= 11 is 2.08. The quantitative estimate of drug-likeness (QED) is 0.421. The minimum Gasteiger partial charge on any atom is -0.356 e. The zero-order valence-electron chi connectivity index (χ0n) is 15.2. The van der Waals surface area contributed by atoms with Crippen LogP contribution in [0.1, 0.15) is 24.6 Å². The highest BCUT2D eigenvalue weighted by Crippen LogP contribution is 2.21. The van der Waals surface area contributed by atoms with E-state index in [1.807, 2.05) is 7.05 Å². The Bertz CT molecular complexity index is 715. The van der Waals surface area contributed by atoms with Crippen molar-refractivity contribution in [3.63, 3.8) is 0 Å². The molecule has 1 N–H and O–H groups in total. The average Bonchev–Trinajstić information content (AvgIpc) is 3.03. The van der Waals surface area contributed by atoms with Gasteiger partial charge in [-0.15, -0.1) is 24.0 Å². The normalized spacial score (nSPS) is 18.3. The van der Waals surface area contributed by atoms with Crippen molar-refractivity contribution in [2.75, 3.05) is 32.4 Å². The number of aliphatic imine (C=N–C) groups is 1. The Morgan fingerprint density at radius 1 is 1.48 bits per heavy atom. The van der Waals surface area contributed by atoms with Crippen molar-refractivity contribution in [3.05, 3.63) is 35.8 Å². The summed E-state index contributed by atoms with van der Waals surface area (Å²) in [4.78, 5) is 11.6. The van der Waals surface area contributed by atoms with Gasteiger partial charge in [0.15, 0.2) is 5.96 Å². The number of fused-ring (bicyclic) bond motifs is 1. The Kier molecular flexibility index (Phi) is 7.86. The number of nitrogens with one attached hydrogen (secondary N) is 1. The summed E-state index contributed by atoms with van der Waals surface area (Å²) in [5.41, 5.74) is 3.38. The molecule has 3 rings (SSSR count). The smallest absolute Gasteiger partial charge is 0.193 e. The number of aryl methyl sites for hydroxylation is 1. The average molecular weight is 473 g/mol. The van der Waals surface area contributed by atoms with Gasteiger partial charge >= 0.3 is 0 Å². The van der Waals surface area contributed by atoms with Crippen LogP contribution in [-0.2, 0) is 6.42 Å². The SMILES string of the molecule is CCC1CN(C(=NC)NCCc2cn3cccc(C)c3n2)CCS1.I. The third kappa shape index (κ3) is 5.03. The second-order valence-electron chi connectivity index (χ2n) is 6.23. The number of imidazole rings is 1. The molecule has 25 heavy (non-hydrogen) atoms. The molecule has 1 saturated heterocycles. The van der Waals surface area contributed by atoms with E-state index >= 15 is 0 Å². The highest BCUT2D eigenvalue weighted by molar-refractivity contribution is 14.0. The van der Waals surface area contributed by atoms with E-state index in [1.165, 1.54) is 17.7 Å². The summed E-state index contributed by atoms with van der Waals surface area (Å²) in [5.74, 6) is 2.21. The Morgan fingerprint density at radius 3 is 3.04 bits per heavy atom. The molecule has 1 aliphatic heterocycles. The van der Waals surface area contributed by atoms with Crippen LogP contribution in [0.15, 0.2) is 29.5 Å². The van der Waals surface area contributed by atoms with Gasteiger partial charge < -0.3 is 14.6 Å². The molecule has 7 heteroatoms. The van der Waals surface area contributed by atoms with Crippen molar-refractivity contribution < 1.29 is 0 Å². The summed E-state index contributed by atoms with van der Waals surface area (Å²) in [5, 5.41) is 4.23. The van der Waals surface area contributed by atoms with Gasteiger partial charge in [0.05, 0.1) is 5.69 Å². The molecule has 0 spiro atoms. The number of hydrogen-bond donors (Lipinski definition) is 1. The van der Waals surface area contributed by atoms with Gasteiger partial charge in [0.1, 0.15) is 5.65 Å². The predicted octanol–water partition coefficient (Wildman–Crippen LogP) is 3.21. The van der Waals surface area contributed by atoms with E-state index in [0.29, 0.717) is 0 Å². The highest BCUT2D eigenvalue weighted by Gasteiger charge is 2.21. The fourth-order valence-electron chi connectivity index (χ4n) is 3.12. The Balaban J connectivity index is 0.00000225. The molecule has 0 radical (unpaired) electrons. The Labute approximate surface area is 171 Å². The monoisotopic (exact) mass is 473 g/mol. The number of guanidine groups is 1. The molecule has 0 bridgehead atoms. The van der Waals surface area contributed by atoms with Gasteiger partial charge in [0.2, 0.25) is 0 Å². The maximum Gasteiger partial charge on any atom is 0.193 e. The maximum absolute atomic E-state index is 4.74.